The van der Waals surface area contributed by atoms with Crippen molar-refractivity contribution < 1.29 is 23.4 Å². The lowest BCUT2D eigenvalue weighted by molar-refractivity contribution is -0.123. The van der Waals surface area contributed by atoms with E-state index in [2.05, 4.69) is 5.32 Å². The van der Waals surface area contributed by atoms with Crippen molar-refractivity contribution in [3.05, 3.63) is 58.4 Å². The molecule has 29 heavy (non-hydrogen) atoms. The molecule has 0 atom stereocenters. The van der Waals surface area contributed by atoms with Crippen LogP contribution in [0, 0.1) is 6.92 Å². The summed E-state index contributed by atoms with van der Waals surface area (Å²) in [6.07, 6.45) is 0.853. The third-order valence-corrected chi connectivity index (χ3v) is 4.21. The Morgan fingerprint density at radius 3 is 2.62 bits per heavy atom. The van der Waals surface area contributed by atoms with E-state index in [1.807, 2.05) is 13.0 Å². The summed E-state index contributed by atoms with van der Waals surface area (Å²) < 4.78 is 22.3. The summed E-state index contributed by atoms with van der Waals surface area (Å²) in [6.45, 7) is 4.12. The van der Waals surface area contributed by atoms with Crippen LogP contribution < -0.4 is 25.0 Å². The molecule has 0 radical (unpaired) electrons. The van der Waals surface area contributed by atoms with Gasteiger partial charge in [0.1, 0.15) is 17.1 Å². The number of methoxy groups -OCH3 is 1. The molecule has 1 N–H and O–H groups in total. The average Bonchev–Trinajstić information content (AvgIpc) is 2.73. The Balaban J connectivity index is 1.86. The molecule has 1 heterocycles. The molecule has 0 fully saturated rings. The monoisotopic (exact) mass is 397 g/mol. The molecule has 3 rings (SSSR count). The Morgan fingerprint density at radius 1 is 1.14 bits per heavy atom. The molecular weight excluding hydrogens is 374 g/mol. The van der Waals surface area contributed by atoms with E-state index < -0.39 is 0 Å². The number of nitrogens with one attached hydrogen (secondary N) is 1. The molecule has 3 aromatic rings. The topological polar surface area (TPSA) is 87.0 Å². The highest BCUT2D eigenvalue weighted by atomic mass is 16.5. The van der Waals surface area contributed by atoms with Gasteiger partial charge in [-0.15, -0.1) is 0 Å². The Bertz CT molecular complexity index is 1070. The second-order valence-electron chi connectivity index (χ2n) is 6.37. The normalized spacial score (nSPS) is 10.6. The van der Waals surface area contributed by atoms with Crippen LogP contribution >= 0.6 is 0 Å². The van der Waals surface area contributed by atoms with Crippen molar-refractivity contribution in [2.45, 2.75) is 20.3 Å². The number of hydrogen-bond donors (Lipinski definition) is 1. The minimum absolute atomic E-state index is 0.0922. The number of fused-ring (bicyclic) bond motifs is 1. The van der Waals surface area contributed by atoms with E-state index >= 15 is 0 Å². The van der Waals surface area contributed by atoms with Crippen LogP contribution in [0.3, 0.4) is 0 Å². The number of carbonyl (C=O) groups is 1. The molecule has 0 saturated heterocycles. The van der Waals surface area contributed by atoms with Crippen LogP contribution in [0.4, 0.5) is 0 Å². The summed E-state index contributed by atoms with van der Waals surface area (Å²) in [5, 5.41) is 3.08. The van der Waals surface area contributed by atoms with Gasteiger partial charge in [0, 0.05) is 12.6 Å². The Hall–Kier alpha value is -3.48. The fourth-order valence-corrected chi connectivity index (χ4v) is 2.75. The molecule has 0 saturated carbocycles. The molecule has 0 unspecified atom stereocenters. The number of benzene rings is 2. The van der Waals surface area contributed by atoms with Gasteiger partial charge in [0.15, 0.2) is 18.1 Å². The zero-order valence-corrected chi connectivity index (χ0v) is 16.6. The maximum atomic E-state index is 12.9. The van der Waals surface area contributed by atoms with Crippen molar-refractivity contribution in [3.63, 3.8) is 0 Å². The predicted molar refractivity (Wildman–Crippen MR) is 109 cm³/mol. The molecule has 0 spiro atoms. The predicted octanol–water partition coefficient (Wildman–Crippen LogP) is 3.81. The van der Waals surface area contributed by atoms with Crippen LogP contribution in [-0.2, 0) is 4.79 Å². The van der Waals surface area contributed by atoms with Gasteiger partial charge in [0.25, 0.3) is 5.91 Å². The number of hydrogen-bond acceptors (Lipinski definition) is 6. The summed E-state index contributed by atoms with van der Waals surface area (Å²) in [5.74, 6) is 1.58. The summed E-state index contributed by atoms with van der Waals surface area (Å²) in [4.78, 5) is 24.6. The van der Waals surface area contributed by atoms with Crippen molar-refractivity contribution >= 4 is 16.9 Å². The maximum absolute atomic E-state index is 12.9. The molecular formula is C22H23NO6. The zero-order valence-electron chi connectivity index (χ0n) is 16.6. The summed E-state index contributed by atoms with van der Waals surface area (Å²) >= 11 is 0. The zero-order chi connectivity index (χ0) is 20.8. The number of para-hydroxylation sites is 2. The highest BCUT2D eigenvalue weighted by Gasteiger charge is 2.16. The maximum Gasteiger partial charge on any atom is 0.257 e. The highest BCUT2D eigenvalue weighted by Crippen LogP contribution is 2.32. The molecule has 0 aliphatic rings. The van der Waals surface area contributed by atoms with Gasteiger partial charge < -0.3 is 23.9 Å². The van der Waals surface area contributed by atoms with Crippen molar-refractivity contribution in [1.29, 1.82) is 0 Å². The van der Waals surface area contributed by atoms with Crippen LogP contribution in [0.2, 0.25) is 0 Å². The molecule has 1 amide bonds. The lowest BCUT2D eigenvalue weighted by Gasteiger charge is -2.12. The second-order valence-corrected chi connectivity index (χ2v) is 6.37. The van der Waals surface area contributed by atoms with Crippen LogP contribution in [0.5, 0.6) is 23.0 Å². The summed E-state index contributed by atoms with van der Waals surface area (Å²) in [6, 6.07) is 11.9. The van der Waals surface area contributed by atoms with Crippen LogP contribution in [0.15, 0.2) is 51.7 Å². The van der Waals surface area contributed by atoms with E-state index in [0.29, 0.717) is 40.5 Å². The minimum Gasteiger partial charge on any atom is -0.493 e. The van der Waals surface area contributed by atoms with Crippen molar-refractivity contribution in [2.24, 2.45) is 0 Å². The number of carbonyl (C=O) groups excluding carboxylic acids is 1. The number of rotatable bonds is 8. The lowest BCUT2D eigenvalue weighted by Crippen LogP contribution is -2.29. The van der Waals surface area contributed by atoms with E-state index in [1.54, 1.807) is 43.3 Å². The molecule has 7 heteroatoms. The molecule has 0 bridgehead atoms. The number of aryl methyl sites for hydroxylation is 1. The number of ether oxygens (including phenoxy) is 3. The minimum atomic E-state index is -0.304. The molecule has 1 aromatic heterocycles. The van der Waals surface area contributed by atoms with Gasteiger partial charge in [-0.3, -0.25) is 9.59 Å². The first-order valence-electron chi connectivity index (χ1n) is 9.31. The van der Waals surface area contributed by atoms with E-state index in [-0.39, 0.29) is 23.7 Å². The van der Waals surface area contributed by atoms with Gasteiger partial charge in [-0.25, -0.2) is 0 Å². The van der Waals surface area contributed by atoms with Crippen molar-refractivity contribution in [1.82, 2.24) is 5.32 Å². The van der Waals surface area contributed by atoms with Gasteiger partial charge >= 0.3 is 0 Å². The number of amides is 1. The SMILES string of the molecule is CCCNC(=O)COc1ccc2c(=O)c(Oc3ccccc3OC)c(C)oc2c1. The Kier molecular flexibility index (Phi) is 6.39. The van der Waals surface area contributed by atoms with Gasteiger partial charge in [-0.1, -0.05) is 19.1 Å². The molecule has 152 valence electrons. The standard InChI is InChI=1S/C22H23NO6/c1-4-11-23-20(24)13-27-15-9-10-16-19(12-15)28-14(2)22(21(16)25)29-18-8-6-5-7-17(18)26-3/h5-10,12H,4,11,13H2,1-3H3,(H,23,24). The summed E-state index contributed by atoms with van der Waals surface area (Å²) in [5.41, 5.74) is 0.0493. The Morgan fingerprint density at radius 2 is 1.90 bits per heavy atom. The van der Waals surface area contributed by atoms with Gasteiger partial charge in [-0.05, 0) is 37.6 Å². The van der Waals surface area contributed by atoms with E-state index in [9.17, 15) is 9.59 Å². The third kappa shape index (κ3) is 4.68. The van der Waals surface area contributed by atoms with Crippen molar-refractivity contribution in [2.75, 3.05) is 20.3 Å². The first kappa shape index (κ1) is 20.3. The smallest absolute Gasteiger partial charge is 0.257 e. The molecule has 2 aromatic carbocycles. The quantitative estimate of drug-likeness (QED) is 0.622. The Labute approximate surface area is 168 Å². The van der Waals surface area contributed by atoms with Gasteiger partial charge in [0.2, 0.25) is 11.2 Å². The second kappa shape index (κ2) is 9.14. The molecule has 0 aliphatic carbocycles. The molecule has 0 aliphatic heterocycles. The molecule has 7 nitrogen and oxygen atoms in total. The van der Waals surface area contributed by atoms with Crippen LogP contribution in [-0.4, -0.2) is 26.2 Å². The van der Waals surface area contributed by atoms with Crippen LogP contribution in [0.25, 0.3) is 11.0 Å². The van der Waals surface area contributed by atoms with Crippen LogP contribution in [0.1, 0.15) is 19.1 Å². The average molecular weight is 397 g/mol. The van der Waals surface area contributed by atoms with Crippen molar-refractivity contribution in [3.8, 4) is 23.0 Å². The first-order chi connectivity index (χ1) is 14.0. The third-order valence-electron chi connectivity index (χ3n) is 4.21. The fraction of sp³-hybridized carbons (Fsp3) is 0.273. The van der Waals surface area contributed by atoms with Gasteiger partial charge in [-0.2, -0.15) is 0 Å². The lowest BCUT2D eigenvalue weighted by atomic mass is 10.2. The van der Waals surface area contributed by atoms with E-state index in [1.165, 1.54) is 7.11 Å². The highest BCUT2D eigenvalue weighted by molar-refractivity contribution is 5.80. The summed E-state index contributed by atoms with van der Waals surface area (Å²) in [7, 11) is 1.53. The van der Waals surface area contributed by atoms with E-state index in [0.717, 1.165) is 6.42 Å². The van der Waals surface area contributed by atoms with E-state index in [4.69, 9.17) is 18.6 Å². The first-order valence-corrected chi connectivity index (χ1v) is 9.31. The fourth-order valence-electron chi connectivity index (χ4n) is 2.75. The largest absolute Gasteiger partial charge is 0.493 e. The van der Waals surface area contributed by atoms with Gasteiger partial charge in [0.05, 0.1) is 12.5 Å².